The van der Waals surface area contributed by atoms with E-state index in [2.05, 4.69) is 21.9 Å². The van der Waals surface area contributed by atoms with Crippen molar-refractivity contribution >= 4 is 44.6 Å². The molecule has 16 heteroatoms. The molecule has 306 valence electrons. The first-order valence-electron chi connectivity index (χ1n) is 20.3. The highest BCUT2D eigenvalue weighted by molar-refractivity contribution is 7.91. The van der Waals surface area contributed by atoms with Gasteiger partial charge in [-0.3, -0.25) is 28.5 Å². The lowest BCUT2D eigenvalue weighted by atomic mass is 9.96. The van der Waals surface area contributed by atoms with Gasteiger partial charge in [0.2, 0.25) is 21.8 Å². The van der Waals surface area contributed by atoms with Crippen LogP contribution < -0.4 is 25.7 Å². The van der Waals surface area contributed by atoms with Crippen molar-refractivity contribution in [2.75, 3.05) is 6.54 Å². The van der Waals surface area contributed by atoms with Crippen molar-refractivity contribution in [3.05, 3.63) is 65.2 Å². The number of aromatic nitrogens is 1. The highest BCUT2D eigenvalue weighted by Gasteiger charge is 2.62. The Kier molecular flexibility index (Phi) is 10.7. The van der Waals surface area contributed by atoms with E-state index < -0.39 is 80.1 Å². The van der Waals surface area contributed by atoms with Crippen LogP contribution >= 0.6 is 0 Å². The monoisotopic (exact) mass is 807 g/mol. The molecule has 57 heavy (non-hydrogen) atoms. The first kappa shape index (κ1) is 39.1. The van der Waals surface area contributed by atoms with Crippen LogP contribution in [0.25, 0.3) is 10.8 Å². The zero-order valence-corrected chi connectivity index (χ0v) is 32.6. The van der Waals surface area contributed by atoms with Gasteiger partial charge in [0.15, 0.2) is 5.88 Å². The summed E-state index contributed by atoms with van der Waals surface area (Å²) in [5, 5.41) is 5.67. The minimum Gasteiger partial charge on any atom is -0.473 e. The van der Waals surface area contributed by atoms with Crippen LogP contribution in [0, 0.1) is 23.6 Å². The molecule has 0 spiro atoms. The number of hydrogen-bond acceptors (Lipinski definition) is 9. The summed E-state index contributed by atoms with van der Waals surface area (Å²) >= 11 is 0. The second-order valence-corrected chi connectivity index (χ2v) is 18.6. The van der Waals surface area contributed by atoms with Gasteiger partial charge in [-0.2, -0.15) is 0 Å². The van der Waals surface area contributed by atoms with Crippen LogP contribution in [-0.4, -0.2) is 83.3 Å². The second-order valence-electron chi connectivity index (χ2n) is 16.6. The van der Waals surface area contributed by atoms with Crippen LogP contribution in [0.1, 0.15) is 83.5 Å². The Hall–Kier alpha value is -4.73. The number of pyridine rings is 1. The third-order valence-electron chi connectivity index (χ3n) is 12.8. The number of amides is 4. The molecule has 2 aromatic rings. The lowest BCUT2D eigenvalue weighted by Gasteiger charge is -2.32. The van der Waals surface area contributed by atoms with Gasteiger partial charge in [-0.1, -0.05) is 37.1 Å². The van der Waals surface area contributed by atoms with Gasteiger partial charge in [0, 0.05) is 24.9 Å². The number of nitrogens with zero attached hydrogens (tertiary/aromatic N) is 2. The normalized spacial score (nSPS) is 31.5. The van der Waals surface area contributed by atoms with Gasteiger partial charge in [-0.25, -0.2) is 17.6 Å². The first-order chi connectivity index (χ1) is 27.4. The minimum atomic E-state index is -3.93. The molecule has 7 atom stereocenters. The number of fused-ring (bicyclic) bond motifs is 5. The number of rotatable bonds is 7. The molecule has 8 rings (SSSR count). The van der Waals surface area contributed by atoms with E-state index >= 15 is 0 Å². The number of nitrogens with one attached hydrogen (secondary N) is 3. The summed E-state index contributed by atoms with van der Waals surface area (Å²) in [6.45, 7) is 3.89. The molecule has 1 saturated heterocycles. The number of ether oxygens (including phenoxy) is 2. The maximum atomic E-state index is 14.8. The molecule has 0 unspecified atom stereocenters. The van der Waals surface area contributed by atoms with Gasteiger partial charge in [-0.05, 0) is 93.6 Å². The first-order valence-corrected chi connectivity index (χ1v) is 21.8. The predicted octanol–water partition coefficient (Wildman–Crippen LogP) is 3.96. The summed E-state index contributed by atoms with van der Waals surface area (Å²) in [6.07, 6.45) is 11.2. The van der Waals surface area contributed by atoms with Gasteiger partial charge >= 0.3 is 6.09 Å². The Balaban J connectivity index is 1.15. The Morgan fingerprint density at radius 2 is 1.75 bits per heavy atom. The van der Waals surface area contributed by atoms with E-state index in [-0.39, 0.29) is 55.1 Å². The minimum absolute atomic E-state index is 0.0461. The molecule has 1 aromatic heterocycles. The molecule has 4 saturated carbocycles. The number of halogens is 1. The van der Waals surface area contributed by atoms with Crippen LogP contribution in [0.15, 0.2) is 53.9 Å². The molecule has 14 nitrogen and oxygen atoms in total. The van der Waals surface area contributed by atoms with Crippen molar-refractivity contribution in [2.24, 2.45) is 17.8 Å². The molecule has 0 radical (unpaired) electrons. The quantitative estimate of drug-likeness (QED) is 0.349. The lowest BCUT2D eigenvalue weighted by molar-refractivity contribution is -0.142. The van der Waals surface area contributed by atoms with Crippen molar-refractivity contribution in [1.82, 2.24) is 24.8 Å². The van der Waals surface area contributed by atoms with E-state index in [0.29, 0.717) is 50.3 Å². The van der Waals surface area contributed by atoms with Crippen LogP contribution in [0.3, 0.4) is 0 Å². The summed E-state index contributed by atoms with van der Waals surface area (Å²) in [6, 6.07) is 3.39. The lowest BCUT2D eigenvalue weighted by Crippen LogP contribution is -2.59. The molecular formula is C41H50FN5O9S. The van der Waals surface area contributed by atoms with Crippen molar-refractivity contribution in [3.63, 3.8) is 0 Å². The molecular weight excluding hydrogens is 758 g/mol. The van der Waals surface area contributed by atoms with Crippen LogP contribution in [0.2, 0.25) is 0 Å². The largest absolute Gasteiger partial charge is 0.473 e. The number of carbonyl (C=O) groups excluding carboxylic acids is 4. The van der Waals surface area contributed by atoms with Crippen molar-refractivity contribution in [3.8, 4) is 5.88 Å². The van der Waals surface area contributed by atoms with Crippen molar-refractivity contribution < 1.29 is 41.5 Å². The smallest absolute Gasteiger partial charge is 0.408 e. The topological polar surface area (TPSA) is 182 Å². The van der Waals surface area contributed by atoms with Crippen molar-refractivity contribution in [2.45, 2.75) is 125 Å². The maximum absolute atomic E-state index is 14.8. The number of benzene rings is 1. The molecule has 4 aliphatic carbocycles. The molecule has 4 amide bonds. The van der Waals surface area contributed by atoms with E-state index in [1.54, 1.807) is 6.07 Å². The van der Waals surface area contributed by atoms with Gasteiger partial charge in [0.1, 0.15) is 35.6 Å². The summed E-state index contributed by atoms with van der Waals surface area (Å²) in [5.41, 5.74) is -2.04. The highest BCUT2D eigenvalue weighted by Crippen LogP contribution is 2.46. The van der Waals surface area contributed by atoms with E-state index in [0.717, 1.165) is 25.7 Å². The third kappa shape index (κ3) is 7.93. The standard InChI is InChI=1S/C41H50FN5O9S/c1-2-27-22-41(27,39(51)45-57(53,54)30-16-17-30)44-36(48)32-21-29-23-47(32)38(50)35(25-10-5-6-11-25)43-40(52)56-33-13-8-12-24(33)9-4-3-7-18-46-34(55-29)19-26-14-15-28(42)20-31(26)37(46)49/h2-4,14-15,19-20,24-25,27,29-30,32-33,35H,1,5-13,16-18,21-23H2,(H,43,52)(H,44,48)(H,45,51)/b4-3+/t24-,27-,29-,32+,33-,35+,41-/m1/s1. The summed E-state index contributed by atoms with van der Waals surface area (Å²) in [5.74, 6) is -3.12. The van der Waals surface area contributed by atoms with E-state index in [1.165, 1.54) is 33.7 Å². The van der Waals surface area contributed by atoms with Gasteiger partial charge in [0.25, 0.3) is 11.5 Å². The van der Waals surface area contributed by atoms with E-state index in [4.69, 9.17) is 9.47 Å². The molecule has 3 N–H and O–H groups in total. The SMILES string of the molecule is C=C[C@@H]1C[C@]1(NC(=O)[C@@H]1C[C@@H]2CN1C(=O)[C@H](C1CCCC1)NC(=O)O[C@@H]1CCC[C@H]1C/C=C/CCn1c(cc3ccc(F)cc3c1=O)O2)C(=O)NS(=O)(=O)C1CC1. The number of carbonyl (C=O) groups is 4. The zero-order valence-electron chi connectivity index (χ0n) is 31.8. The fraction of sp³-hybridized carbons (Fsp3) is 0.585. The van der Waals surface area contributed by atoms with Crippen molar-refractivity contribution in [1.29, 1.82) is 0 Å². The number of sulfonamides is 1. The zero-order chi connectivity index (χ0) is 40.1. The maximum Gasteiger partial charge on any atom is 0.408 e. The Morgan fingerprint density at radius 3 is 2.49 bits per heavy atom. The number of alkyl carbamates (subject to hydrolysis) is 1. The van der Waals surface area contributed by atoms with Gasteiger partial charge in [-0.15, -0.1) is 6.58 Å². The Bertz CT molecular complexity index is 2170. The van der Waals surface area contributed by atoms with Crippen LogP contribution in [0.4, 0.5) is 9.18 Å². The van der Waals surface area contributed by atoms with Gasteiger partial charge < -0.3 is 25.0 Å². The molecule has 2 aliphatic heterocycles. The van der Waals surface area contributed by atoms with E-state index in [9.17, 15) is 36.8 Å². The number of hydrogen-bond donors (Lipinski definition) is 3. The Morgan fingerprint density at radius 1 is 0.982 bits per heavy atom. The molecule has 1 aromatic carbocycles. The highest BCUT2D eigenvalue weighted by atomic mass is 32.2. The molecule has 3 heterocycles. The Labute approximate surface area is 330 Å². The molecule has 6 aliphatic rings. The summed E-state index contributed by atoms with van der Waals surface area (Å²) in [7, 11) is -3.93. The van der Waals surface area contributed by atoms with Crippen LogP contribution in [-0.2, 0) is 35.7 Å². The third-order valence-corrected chi connectivity index (χ3v) is 14.6. The molecule has 2 bridgehead atoms. The predicted molar refractivity (Wildman–Crippen MR) is 207 cm³/mol. The average molecular weight is 808 g/mol. The fourth-order valence-corrected chi connectivity index (χ4v) is 10.7. The van der Waals surface area contributed by atoms with E-state index in [1.807, 2.05) is 12.2 Å². The number of allylic oxidation sites excluding steroid dienone is 2. The summed E-state index contributed by atoms with van der Waals surface area (Å²) in [4.78, 5) is 71.7. The summed E-state index contributed by atoms with van der Waals surface area (Å²) < 4.78 is 56.0. The van der Waals surface area contributed by atoms with Crippen LogP contribution in [0.5, 0.6) is 5.88 Å². The van der Waals surface area contributed by atoms with Gasteiger partial charge in [0.05, 0.1) is 17.2 Å². The second kappa shape index (κ2) is 15.6. The fourth-order valence-electron chi connectivity index (χ4n) is 9.34. The average Bonchev–Trinajstić information content (AvgIpc) is 3.97. The molecule has 5 fully saturated rings.